The van der Waals surface area contributed by atoms with E-state index in [1.165, 1.54) is 0 Å². The Morgan fingerprint density at radius 2 is 2.00 bits per heavy atom. The fourth-order valence-corrected chi connectivity index (χ4v) is 8.31. The maximum absolute atomic E-state index is 17.1. The van der Waals surface area contributed by atoms with Crippen molar-refractivity contribution in [1.29, 1.82) is 5.26 Å². The summed E-state index contributed by atoms with van der Waals surface area (Å²) in [5, 5.41) is 17.8. The van der Waals surface area contributed by atoms with Gasteiger partial charge < -0.3 is 9.64 Å². The van der Waals surface area contributed by atoms with Crippen molar-refractivity contribution in [2.24, 2.45) is 5.92 Å². The van der Waals surface area contributed by atoms with E-state index in [1.807, 2.05) is 41.9 Å². The highest BCUT2D eigenvalue weighted by Gasteiger charge is 2.33. The monoisotopic (exact) mass is 709 g/mol. The van der Waals surface area contributed by atoms with Crippen LogP contribution >= 0.6 is 23.2 Å². The van der Waals surface area contributed by atoms with Gasteiger partial charge in [0.1, 0.15) is 19.1 Å². The molecule has 7 rings (SSSR count). The third kappa shape index (κ3) is 6.04. The third-order valence-electron chi connectivity index (χ3n) is 10.1. The van der Waals surface area contributed by atoms with E-state index in [-0.39, 0.29) is 46.5 Å². The van der Waals surface area contributed by atoms with Crippen LogP contribution in [0.15, 0.2) is 48.7 Å². The molecule has 0 spiro atoms. The molecule has 3 atom stereocenters. The number of aromatic nitrogens is 3. The number of nitriles is 1. The van der Waals surface area contributed by atoms with Gasteiger partial charge >= 0.3 is 0 Å². The molecule has 0 N–H and O–H groups in total. The average Bonchev–Trinajstić information content (AvgIpc) is 3.72. The summed E-state index contributed by atoms with van der Waals surface area (Å²) in [6.45, 7) is 5.55. The molecule has 0 radical (unpaired) electrons. The van der Waals surface area contributed by atoms with Gasteiger partial charge in [0.05, 0.1) is 34.6 Å². The summed E-state index contributed by atoms with van der Waals surface area (Å²) in [7, 11) is 2.06. The Bertz CT molecular complexity index is 2310. The Hall–Kier alpha value is -4.70. The molecule has 8 nitrogen and oxygen atoms in total. The van der Waals surface area contributed by atoms with Gasteiger partial charge in [-0.1, -0.05) is 59.5 Å². The first-order chi connectivity index (χ1) is 24.2. The molecule has 0 aliphatic carbocycles. The fraction of sp³-hybridized carbons (Fsp3) is 0.359. The van der Waals surface area contributed by atoms with Crippen molar-refractivity contribution in [2.45, 2.75) is 64.6 Å². The van der Waals surface area contributed by atoms with E-state index < -0.39 is 5.82 Å². The molecule has 0 bridgehead atoms. The Balaban J connectivity index is 1.37. The summed E-state index contributed by atoms with van der Waals surface area (Å²) < 4.78 is 27.8. The minimum absolute atomic E-state index is 0.0988. The van der Waals surface area contributed by atoms with Crippen molar-refractivity contribution in [3.63, 3.8) is 0 Å². The number of benzene rings is 3. The Kier molecular flexibility index (Phi) is 9.39. The minimum atomic E-state index is -0.573. The second-order valence-electron chi connectivity index (χ2n) is 13.1. The van der Waals surface area contributed by atoms with Gasteiger partial charge in [0.25, 0.3) is 5.91 Å². The van der Waals surface area contributed by atoms with Crippen LogP contribution in [0.25, 0.3) is 43.7 Å². The van der Waals surface area contributed by atoms with Crippen molar-refractivity contribution < 1.29 is 18.5 Å². The largest absolute Gasteiger partial charge is 0.463 e. The van der Waals surface area contributed by atoms with Crippen molar-refractivity contribution >= 4 is 67.4 Å². The van der Waals surface area contributed by atoms with Gasteiger partial charge in [0.15, 0.2) is 17.6 Å². The molecule has 1 saturated heterocycles. The van der Waals surface area contributed by atoms with E-state index in [1.54, 1.807) is 30.2 Å². The molecule has 1 amide bonds. The number of carbonyl (C=O) groups is 1. The first kappa shape index (κ1) is 33.8. The normalized spacial score (nSPS) is 18.4. The zero-order valence-electron chi connectivity index (χ0n) is 28.1. The van der Waals surface area contributed by atoms with Crippen LogP contribution in [-0.2, 0) is 11.3 Å². The summed E-state index contributed by atoms with van der Waals surface area (Å²) in [4.78, 5) is 19.3. The van der Waals surface area contributed by atoms with Crippen molar-refractivity contribution in [2.75, 3.05) is 20.1 Å². The Morgan fingerprint density at radius 3 is 2.74 bits per heavy atom. The number of carbonyl (C=O) groups excluding carboxylic acids is 1. The lowest BCUT2D eigenvalue weighted by atomic mass is 9.89. The van der Waals surface area contributed by atoms with E-state index in [9.17, 15) is 10.1 Å². The van der Waals surface area contributed by atoms with Gasteiger partial charge in [-0.3, -0.25) is 9.48 Å². The van der Waals surface area contributed by atoms with Gasteiger partial charge in [0, 0.05) is 53.3 Å². The molecule has 11 heteroatoms. The number of fused-ring (bicyclic) bond motifs is 4. The zero-order chi connectivity index (χ0) is 35.1. The van der Waals surface area contributed by atoms with E-state index in [2.05, 4.69) is 29.5 Å². The highest BCUT2D eigenvalue weighted by molar-refractivity contribution is 6.38. The second kappa shape index (κ2) is 13.9. The molecule has 254 valence electrons. The highest BCUT2D eigenvalue weighted by Crippen LogP contribution is 2.43. The number of piperidine rings is 1. The number of hydrogen-bond acceptors (Lipinski definition) is 5. The van der Waals surface area contributed by atoms with Crippen LogP contribution in [0.5, 0.6) is 5.88 Å². The van der Waals surface area contributed by atoms with Crippen LogP contribution in [0.1, 0.15) is 46.0 Å². The summed E-state index contributed by atoms with van der Waals surface area (Å²) in [6, 6.07) is 14.9. The molecule has 5 aromatic rings. The first-order valence-electron chi connectivity index (χ1n) is 16.9. The van der Waals surface area contributed by atoms with Gasteiger partial charge in [0.2, 0.25) is 5.88 Å². The number of rotatable bonds is 7. The number of halogens is 3. The van der Waals surface area contributed by atoms with E-state index >= 15 is 4.39 Å². The SMILES string of the molecule is CC#CC(=O)N1CC[C@H](Cn2ncc3c(O[C@@H](C)C4=[N+](C)CCC4)nc4c(F)c(-c5cccc6cccc(Cl)c56)c(Cl)cc4c32)C[C@H]1CC#N. The number of pyridine rings is 1. The molecule has 0 unspecified atom stereocenters. The van der Waals surface area contributed by atoms with Gasteiger partial charge in [-0.25, -0.2) is 13.9 Å². The van der Waals surface area contributed by atoms with Crippen LogP contribution < -0.4 is 4.74 Å². The van der Waals surface area contributed by atoms with Crippen LogP contribution in [0.3, 0.4) is 0 Å². The number of ether oxygens (including phenoxy) is 1. The van der Waals surface area contributed by atoms with Crippen molar-refractivity contribution in [1.82, 2.24) is 19.7 Å². The second-order valence-corrected chi connectivity index (χ2v) is 14.0. The zero-order valence-corrected chi connectivity index (χ0v) is 29.7. The van der Waals surface area contributed by atoms with Gasteiger partial charge in [-0.05, 0) is 61.6 Å². The average molecular weight is 711 g/mol. The Labute approximate surface area is 300 Å². The molecule has 50 heavy (non-hydrogen) atoms. The lowest BCUT2D eigenvalue weighted by Crippen LogP contribution is -2.46. The van der Waals surface area contributed by atoms with Crippen molar-refractivity contribution in [3.8, 4) is 34.9 Å². The van der Waals surface area contributed by atoms with Crippen molar-refractivity contribution in [3.05, 3.63) is 64.5 Å². The lowest BCUT2D eigenvalue weighted by Gasteiger charge is -2.37. The number of nitrogens with zero attached hydrogens (tertiary/aromatic N) is 6. The standard InChI is InChI=1S/C39H36Cl2FN6O2/c1-4-8-33(49)47-18-15-24(19-26(47)14-16-43)22-48-38-28-20-31(41)35(27-11-5-9-25-10-6-12-30(40)34(25)27)36(42)37(28)45-39(29(38)21-44-48)50-23(2)32-13-7-17-46(32)3/h5-6,9-12,20-21,23-24,26H,7,13-15,17-19,22H2,1-3H3/q+1/t23-,24-,26+/m0/s1. The fourth-order valence-electron chi connectivity index (χ4n) is 7.74. The van der Waals surface area contributed by atoms with Crippen LogP contribution in [0.2, 0.25) is 10.0 Å². The third-order valence-corrected chi connectivity index (χ3v) is 10.7. The number of likely N-dealkylation sites (tertiary alicyclic amines) is 1. The quantitative estimate of drug-likeness (QED) is 0.126. The smallest absolute Gasteiger partial charge is 0.298 e. The van der Waals surface area contributed by atoms with Crippen LogP contribution in [-0.4, -0.2) is 68.1 Å². The molecule has 4 heterocycles. The summed E-state index contributed by atoms with van der Waals surface area (Å²) in [6.07, 6.45) is 4.93. The van der Waals surface area contributed by atoms with Crippen LogP contribution in [0, 0.1) is 34.9 Å². The van der Waals surface area contributed by atoms with E-state index in [4.69, 9.17) is 38.0 Å². The number of amides is 1. The molecule has 2 aliphatic heterocycles. The predicted molar refractivity (Wildman–Crippen MR) is 195 cm³/mol. The summed E-state index contributed by atoms with van der Waals surface area (Å²) in [5.74, 6) is 4.86. The minimum Gasteiger partial charge on any atom is -0.463 e. The molecular weight excluding hydrogens is 674 g/mol. The van der Waals surface area contributed by atoms with E-state index in [0.717, 1.165) is 30.5 Å². The maximum atomic E-state index is 17.1. The topological polar surface area (TPSA) is 87.0 Å². The molecule has 3 aromatic carbocycles. The molecule has 2 aromatic heterocycles. The lowest BCUT2D eigenvalue weighted by molar-refractivity contribution is -0.491. The van der Waals surface area contributed by atoms with Crippen LogP contribution in [0.4, 0.5) is 4.39 Å². The summed E-state index contributed by atoms with van der Waals surface area (Å²) >= 11 is 13.7. The first-order valence-corrected chi connectivity index (χ1v) is 17.6. The molecule has 1 fully saturated rings. The van der Waals surface area contributed by atoms with Gasteiger partial charge in [-0.2, -0.15) is 10.4 Å². The molecule has 2 aliphatic rings. The highest BCUT2D eigenvalue weighted by atomic mass is 35.5. The van der Waals surface area contributed by atoms with E-state index in [0.29, 0.717) is 64.1 Å². The molecular formula is C39H36Cl2FN6O2+. The number of hydrogen-bond donors (Lipinski definition) is 0. The summed E-state index contributed by atoms with van der Waals surface area (Å²) in [5.41, 5.74) is 2.73. The maximum Gasteiger partial charge on any atom is 0.298 e. The predicted octanol–water partition coefficient (Wildman–Crippen LogP) is 8.04. The van der Waals surface area contributed by atoms with Gasteiger partial charge in [-0.15, -0.1) is 0 Å². The molecule has 0 saturated carbocycles. The Morgan fingerprint density at radius 1 is 1.20 bits per heavy atom.